The Morgan fingerprint density at radius 3 is 2.16 bits per heavy atom. The fourth-order valence-electron chi connectivity index (χ4n) is 3.01. The van der Waals surface area contributed by atoms with E-state index in [2.05, 4.69) is 21.2 Å². The maximum Gasteiger partial charge on any atom is 0.264 e. The van der Waals surface area contributed by atoms with Crippen molar-refractivity contribution in [3.8, 4) is 0 Å². The molecule has 0 aromatic heterocycles. The number of anilines is 1. The maximum absolute atomic E-state index is 13.4. The SMILES string of the molecule is Cc1ccc(S(=O)(=O)N(CC(=O)N[C@H](C)c2ccc(F)cc2)c2ccc(Br)cc2)cc1. The zero-order chi connectivity index (χ0) is 22.6. The summed E-state index contributed by atoms with van der Waals surface area (Å²) in [6.07, 6.45) is 0. The second-order valence-electron chi connectivity index (χ2n) is 7.14. The molecule has 0 aliphatic heterocycles. The summed E-state index contributed by atoms with van der Waals surface area (Å²) < 4.78 is 41.7. The molecule has 8 heteroatoms. The average molecular weight is 505 g/mol. The van der Waals surface area contributed by atoms with Crippen LogP contribution in [-0.2, 0) is 14.8 Å². The van der Waals surface area contributed by atoms with Crippen LogP contribution in [0.15, 0.2) is 82.2 Å². The summed E-state index contributed by atoms with van der Waals surface area (Å²) in [5, 5.41) is 2.78. The zero-order valence-electron chi connectivity index (χ0n) is 17.0. The molecular formula is C23H22BrFN2O3S. The van der Waals surface area contributed by atoms with Crippen LogP contribution in [0.2, 0.25) is 0 Å². The van der Waals surface area contributed by atoms with E-state index in [-0.39, 0.29) is 10.7 Å². The van der Waals surface area contributed by atoms with Crippen LogP contribution in [0.3, 0.4) is 0 Å². The molecule has 0 fully saturated rings. The average Bonchev–Trinajstić information content (AvgIpc) is 2.73. The molecule has 3 aromatic carbocycles. The largest absolute Gasteiger partial charge is 0.348 e. The number of nitrogens with zero attached hydrogens (tertiary/aromatic N) is 1. The Balaban J connectivity index is 1.87. The van der Waals surface area contributed by atoms with Crippen molar-refractivity contribution in [3.63, 3.8) is 0 Å². The van der Waals surface area contributed by atoms with Crippen molar-refractivity contribution in [1.29, 1.82) is 0 Å². The maximum atomic E-state index is 13.4. The van der Waals surface area contributed by atoms with Crippen LogP contribution in [0.5, 0.6) is 0 Å². The van der Waals surface area contributed by atoms with Crippen LogP contribution in [-0.4, -0.2) is 20.9 Å². The Bertz CT molecular complexity index is 1150. The predicted octanol–water partition coefficient (Wildman–Crippen LogP) is 4.97. The fourth-order valence-corrected chi connectivity index (χ4v) is 4.70. The Labute approximate surface area is 190 Å². The highest BCUT2D eigenvalue weighted by Crippen LogP contribution is 2.25. The molecular weight excluding hydrogens is 483 g/mol. The molecule has 0 radical (unpaired) electrons. The van der Waals surface area contributed by atoms with E-state index in [1.807, 2.05) is 6.92 Å². The number of sulfonamides is 1. The number of halogens is 2. The van der Waals surface area contributed by atoms with Crippen LogP contribution < -0.4 is 9.62 Å². The van der Waals surface area contributed by atoms with E-state index in [9.17, 15) is 17.6 Å². The van der Waals surface area contributed by atoms with Crippen molar-refractivity contribution in [2.75, 3.05) is 10.8 Å². The van der Waals surface area contributed by atoms with E-state index in [1.54, 1.807) is 55.5 Å². The van der Waals surface area contributed by atoms with Gasteiger partial charge in [0.05, 0.1) is 16.6 Å². The number of hydrogen-bond donors (Lipinski definition) is 1. The van der Waals surface area contributed by atoms with Gasteiger partial charge >= 0.3 is 0 Å². The molecule has 1 atom stereocenters. The quantitative estimate of drug-likeness (QED) is 0.493. The van der Waals surface area contributed by atoms with E-state index in [0.29, 0.717) is 11.3 Å². The highest BCUT2D eigenvalue weighted by Gasteiger charge is 2.27. The van der Waals surface area contributed by atoms with Gasteiger partial charge in [0.15, 0.2) is 0 Å². The van der Waals surface area contributed by atoms with Crippen LogP contribution in [0, 0.1) is 12.7 Å². The first-order valence-corrected chi connectivity index (χ1v) is 11.8. The minimum absolute atomic E-state index is 0.0976. The number of carbonyl (C=O) groups is 1. The summed E-state index contributed by atoms with van der Waals surface area (Å²) in [4.78, 5) is 12.9. The number of amides is 1. The lowest BCUT2D eigenvalue weighted by atomic mass is 10.1. The van der Waals surface area contributed by atoms with Gasteiger partial charge in [-0.3, -0.25) is 9.10 Å². The lowest BCUT2D eigenvalue weighted by Gasteiger charge is -2.25. The number of benzene rings is 3. The summed E-state index contributed by atoms with van der Waals surface area (Å²) in [5.74, 6) is -0.844. The molecule has 3 aromatic rings. The topological polar surface area (TPSA) is 66.5 Å². The number of hydrogen-bond acceptors (Lipinski definition) is 3. The van der Waals surface area contributed by atoms with Crippen LogP contribution in [0.4, 0.5) is 10.1 Å². The lowest BCUT2D eigenvalue weighted by Crippen LogP contribution is -2.41. The van der Waals surface area contributed by atoms with Crippen LogP contribution in [0.25, 0.3) is 0 Å². The van der Waals surface area contributed by atoms with Gasteiger partial charge in [0.2, 0.25) is 5.91 Å². The molecule has 0 heterocycles. The predicted molar refractivity (Wildman–Crippen MR) is 123 cm³/mol. The van der Waals surface area contributed by atoms with Gasteiger partial charge in [-0.15, -0.1) is 0 Å². The molecule has 5 nitrogen and oxygen atoms in total. The number of nitrogens with one attached hydrogen (secondary N) is 1. The zero-order valence-corrected chi connectivity index (χ0v) is 19.5. The molecule has 31 heavy (non-hydrogen) atoms. The van der Waals surface area contributed by atoms with Gasteiger partial charge in [0.1, 0.15) is 12.4 Å². The summed E-state index contributed by atoms with van der Waals surface area (Å²) >= 11 is 3.34. The van der Waals surface area contributed by atoms with Crippen molar-refractivity contribution in [1.82, 2.24) is 5.32 Å². The molecule has 0 unspecified atom stereocenters. The third-order valence-corrected chi connectivity index (χ3v) is 7.08. The molecule has 1 amide bonds. The Hall–Kier alpha value is -2.71. The molecule has 0 bridgehead atoms. The number of rotatable bonds is 7. The number of aryl methyl sites for hydroxylation is 1. The second kappa shape index (κ2) is 9.62. The Morgan fingerprint density at radius 2 is 1.58 bits per heavy atom. The first kappa shape index (κ1) is 23.0. The molecule has 3 rings (SSSR count). The van der Waals surface area contributed by atoms with Gasteiger partial charge < -0.3 is 5.32 Å². The highest BCUT2D eigenvalue weighted by molar-refractivity contribution is 9.10. The first-order valence-electron chi connectivity index (χ1n) is 9.56. The smallest absolute Gasteiger partial charge is 0.264 e. The third-order valence-electron chi connectivity index (χ3n) is 4.76. The molecule has 0 spiro atoms. The lowest BCUT2D eigenvalue weighted by molar-refractivity contribution is -0.120. The van der Waals surface area contributed by atoms with E-state index in [0.717, 1.165) is 14.3 Å². The van der Waals surface area contributed by atoms with E-state index >= 15 is 0 Å². The Morgan fingerprint density at radius 1 is 1.00 bits per heavy atom. The van der Waals surface area contributed by atoms with Gasteiger partial charge in [-0.25, -0.2) is 12.8 Å². The first-order chi connectivity index (χ1) is 14.7. The Kier molecular flexibility index (Phi) is 7.12. The van der Waals surface area contributed by atoms with E-state index in [4.69, 9.17) is 0 Å². The minimum Gasteiger partial charge on any atom is -0.348 e. The fraction of sp³-hybridized carbons (Fsp3) is 0.174. The highest BCUT2D eigenvalue weighted by atomic mass is 79.9. The van der Waals surface area contributed by atoms with Gasteiger partial charge in [-0.1, -0.05) is 45.8 Å². The minimum atomic E-state index is -3.98. The van der Waals surface area contributed by atoms with Crippen molar-refractivity contribution in [2.45, 2.75) is 24.8 Å². The van der Waals surface area contributed by atoms with E-state index in [1.165, 1.54) is 24.3 Å². The van der Waals surface area contributed by atoms with Gasteiger partial charge in [-0.05, 0) is 67.9 Å². The molecule has 0 aliphatic rings. The molecule has 0 aliphatic carbocycles. The van der Waals surface area contributed by atoms with Crippen molar-refractivity contribution < 1.29 is 17.6 Å². The van der Waals surface area contributed by atoms with E-state index < -0.39 is 28.5 Å². The van der Waals surface area contributed by atoms with Crippen LogP contribution in [0.1, 0.15) is 24.1 Å². The molecule has 0 saturated carbocycles. The monoisotopic (exact) mass is 504 g/mol. The van der Waals surface area contributed by atoms with Crippen molar-refractivity contribution >= 4 is 37.5 Å². The molecule has 0 saturated heterocycles. The summed E-state index contributed by atoms with van der Waals surface area (Å²) in [7, 11) is -3.98. The van der Waals surface area contributed by atoms with Gasteiger partial charge in [0.25, 0.3) is 10.0 Å². The standard InChI is InChI=1S/C23H22BrFN2O3S/c1-16-3-13-22(14-4-16)31(29,30)27(21-11-7-19(24)8-12-21)15-23(28)26-17(2)18-5-9-20(25)10-6-18/h3-14,17H,15H2,1-2H3,(H,26,28)/t17-/m1/s1. The van der Waals surface area contributed by atoms with Crippen molar-refractivity contribution in [2.24, 2.45) is 0 Å². The normalized spacial score (nSPS) is 12.3. The van der Waals surface area contributed by atoms with Crippen LogP contribution >= 0.6 is 15.9 Å². The van der Waals surface area contributed by atoms with Crippen molar-refractivity contribution in [3.05, 3.63) is 94.2 Å². The summed E-state index contributed by atoms with van der Waals surface area (Å²) in [5.41, 5.74) is 2.01. The molecule has 162 valence electrons. The summed E-state index contributed by atoms with van der Waals surface area (Å²) in [6, 6.07) is 18.5. The number of carbonyl (C=O) groups excluding carboxylic acids is 1. The van der Waals surface area contributed by atoms with Gasteiger partial charge in [-0.2, -0.15) is 0 Å². The molecule has 1 N–H and O–H groups in total. The van der Waals surface area contributed by atoms with Gasteiger partial charge in [0, 0.05) is 4.47 Å². The second-order valence-corrected chi connectivity index (χ2v) is 9.92. The third kappa shape index (κ3) is 5.71. The summed E-state index contributed by atoms with van der Waals surface area (Å²) in [6.45, 7) is 3.22.